The molecule has 0 aromatic rings. The molecule has 0 aliphatic heterocycles. The fourth-order valence-electron chi connectivity index (χ4n) is 2.01. The lowest BCUT2D eigenvalue weighted by atomic mass is 10.1. The van der Waals surface area contributed by atoms with Crippen molar-refractivity contribution in [3.63, 3.8) is 0 Å². The van der Waals surface area contributed by atoms with E-state index in [1.54, 1.807) is 13.8 Å². The van der Waals surface area contributed by atoms with E-state index in [0.29, 0.717) is 19.6 Å². The Morgan fingerprint density at radius 1 is 0.895 bits per heavy atom. The fourth-order valence-corrected chi connectivity index (χ4v) is 3.65. The first-order chi connectivity index (χ1) is 9.10. The first kappa shape index (κ1) is 19.1. The Kier molecular flexibility index (Phi) is 12.0. The summed E-state index contributed by atoms with van der Waals surface area (Å²) in [6.07, 6.45) is 8.70. The van der Waals surface area contributed by atoms with Gasteiger partial charge in [0.1, 0.15) is 0 Å². The zero-order valence-corrected chi connectivity index (χ0v) is 13.7. The predicted molar refractivity (Wildman–Crippen MR) is 79.5 cm³/mol. The van der Waals surface area contributed by atoms with E-state index in [1.165, 1.54) is 32.1 Å². The fraction of sp³-hybridized carbons (Fsp3) is 1.00. The minimum Gasteiger partial charge on any atom is -0.380 e. The van der Waals surface area contributed by atoms with E-state index in [9.17, 15) is 9.67 Å². The summed E-state index contributed by atoms with van der Waals surface area (Å²) in [6, 6.07) is 0. The smallest absolute Gasteiger partial charge is 0.358 e. The van der Waals surface area contributed by atoms with Crippen LogP contribution in [0.5, 0.6) is 0 Å². The van der Waals surface area contributed by atoms with Gasteiger partial charge in [-0.05, 0) is 20.3 Å². The molecule has 5 heteroatoms. The van der Waals surface area contributed by atoms with Gasteiger partial charge in [0.25, 0.3) is 0 Å². The molecule has 0 aromatic heterocycles. The van der Waals surface area contributed by atoms with Gasteiger partial charge in [-0.25, -0.2) is 0 Å². The van der Waals surface area contributed by atoms with Crippen molar-refractivity contribution in [3.8, 4) is 0 Å². The summed E-state index contributed by atoms with van der Waals surface area (Å²) in [5.41, 5.74) is 0. The summed E-state index contributed by atoms with van der Waals surface area (Å²) in [7, 11) is -3.32. The molecule has 0 heterocycles. The molecule has 0 rings (SSSR count). The molecule has 0 fully saturated rings. The van der Waals surface area contributed by atoms with E-state index in [4.69, 9.17) is 9.05 Å². The third-order valence-corrected chi connectivity index (χ3v) is 5.27. The molecule has 4 nitrogen and oxygen atoms in total. The zero-order valence-electron chi connectivity index (χ0n) is 12.8. The Bertz CT molecular complexity index is 236. The Balaban J connectivity index is 3.81. The van der Waals surface area contributed by atoms with E-state index < -0.39 is 13.4 Å². The first-order valence-electron chi connectivity index (χ1n) is 7.67. The topological polar surface area (TPSA) is 55.8 Å². The van der Waals surface area contributed by atoms with Crippen molar-refractivity contribution >= 4 is 7.60 Å². The van der Waals surface area contributed by atoms with Gasteiger partial charge in [-0.1, -0.05) is 51.9 Å². The highest BCUT2D eigenvalue weighted by Gasteiger charge is 2.33. The second kappa shape index (κ2) is 11.9. The normalized spacial score (nSPS) is 13.7. The average molecular weight is 294 g/mol. The molecular weight excluding hydrogens is 263 g/mol. The second-order valence-corrected chi connectivity index (χ2v) is 6.96. The number of hydrogen-bond donors (Lipinski definition) is 1. The molecule has 1 N–H and O–H groups in total. The molecule has 0 saturated heterocycles. The van der Waals surface area contributed by atoms with Gasteiger partial charge in [-0.15, -0.1) is 0 Å². The molecule has 0 spiro atoms. The summed E-state index contributed by atoms with van der Waals surface area (Å²) >= 11 is 0. The molecule has 0 amide bonds. The van der Waals surface area contributed by atoms with Gasteiger partial charge in [0.15, 0.2) is 5.85 Å². The summed E-state index contributed by atoms with van der Waals surface area (Å²) in [5.74, 6) is -0.983. The van der Waals surface area contributed by atoms with Crippen molar-refractivity contribution in [2.24, 2.45) is 0 Å². The highest BCUT2D eigenvalue weighted by atomic mass is 31.2. The van der Waals surface area contributed by atoms with Crippen molar-refractivity contribution in [2.45, 2.75) is 78.0 Å². The maximum Gasteiger partial charge on any atom is 0.358 e. The molecule has 0 aliphatic rings. The second-order valence-electron chi connectivity index (χ2n) is 4.77. The van der Waals surface area contributed by atoms with Gasteiger partial charge in [-0.2, -0.15) is 0 Å². The summed E-state index contributed by atoms with van der Waals surface area (Å²) in [6.45, 7) is 6.31. The zero-order chi connectivity index (χ0) is 14.6. The Morgan fingerprint density at radius 2 is 1.37 bits per heavy atom. The number of unbranched alkanes of at least 4 members (excludes halogenated alkanes) is 6. The van der Waals surface area contributed by atoms with Crippen LogP contribution in [-0.4, -0.2) is 24.2 Å². The van der Waals surface area contributed by atoms with Gasteiger partial charge < -0.3 is 14.2 Å². The molecule has 0 aliphatic carbocycles. The largest absolute Gasteiger partial charge is 0.380 e. The van der Waals surface area contributed by atoms with Crippen LogP contribution in [0.4, 0.5) is 0 Å². The maximum atomic E-state index is 12.2. The number of aliphatic hydroxyl groups is 1. The van der Waals surface area contributed by atoms with Crippen LogP contribution >= 0.6 is 7.60 Å². The van der Waals surface area contributed by atoms with Crippen LogP contribution in [0.25, 0.3) is 0 Å². The van der Waals surface area contributed by atoms with Gasteiger partial charge in [0.05, 0.1) is 13.2 Å². The van der Waals surface area contributed by atoms with E-state index in [2.05, 4.69) is 6.92 Å². The lowest BCUT2D eigenvalue weighted by molar-refractivity contribution is 0.142. The third kappa shape index (κ3) is 8.80. The summed E-state index contributed by atoms with van der Waals surface area (Å²) < 4.78 is 22.5. The van der Waals surface area contributed by atoms with Crippen molar-refractivity contribution in [2.75, 3.05) is 13.2 Å². The van der Waals surface area contributed by atoms with Crippen LogP contribution in [0.15, 0.2) is 0 Å². The van der Waals surface area contributed by atoms with Gasteiger partial charge in [0, 0.05) is 0 Å². The first-order valence-corrected chi connectivity index (χ1v) is 9.28. The third-order valence-electron chi connectivity index (χ3n) is 3.05. The quantitative estimate of drug-likeness (QED) is 0.395. The van der Waals surface area contributed by atoms with Gasteiger partial charge in [-0.3, -0.25) is 4.57 Å². The van der Waals surface area contributed by atoms with Crippen LogP contribution in [0, 0.1) is 0 Å². The van der Waals surface area contributed by atoms with Crippen LogP contribution in [0.2, 0.25) is 0 Å². The maximum absolute atomic E-state index is 12.2. The van der Waals surface area contributed by atoms with Crippen LogP contribution in [0.1, 0.15) is 72.1 Å². The van der Waals surface area contributed by atoms with Crippen molar-refractivity contribution in [3.05, 3.63) is 0 Å². The molecular formula is C14H31O4P. The van der Waals surface area contributed by atoms with Gasteiger partial charge in [0.2, 0.25) is 0 Å². The predicted octanol–water partition coefficient (Wildman–Crippen LogP) is 4.71. The lowest BCUT2D eigenvalue weighted by Gasteiger charge is -2.22. The Morgan fingerprint density at radius 3 is 1.84 bits per heavy atom. The number of aliphatic hydroxyl groups excluding tert-OH is 1. The van der Waals surface area contributed by atoms with Crippen molar-refractivity contribution in [1.29, 1.82) is 0 Å². The molecule has 0 bridgehead atoms. The Labute approximate surface area is 118 Å². The molecule has 1 atom stereocenters. The van der Waals surface area contributed by atoms with E-state index in [-0.39, 0.29) is 0 Å². The standard InChI is InChI=1S/C14H31O4P/c1-4-7-8-9-10-11-12-13-14(15)19(16,17-5-2)18-6-3/h14-15H,4-13H2,1-3H3. The SMILES string of the molecule is CCCCCCCCCC(O)P(=O)(OCC)OCC. The van der Waals surface area contributed by atoms with E-state index in [0.717, 1.165) is 12.8 Å². The summed E-state index contributed by atoms with van der Waals surface area (Å²) in [5, 5.41) is 9.96. The number of rotatable bonds is 13. The highest BCUT2D eigenvalue weighted by Crippen LogP contribution is 2.53. The summed E-state index contributed by atoms with van der Waals surface area (Å²) in [4.78, 5) is 0. The molecule has 19 heavy (non-hydrogen) atoms. The molecule has 1 unspecified atom stereocenters. The van der Waals surface area contributed by atoms with Crippen LogP contribution in [-0.2, 0) is 13.6 Å². The van der Waals surface area contributed by atoms with Crippen LogP contribution < -0.4 is 0 Å². The van der Waals surface area contributed by atoms with Crippen molar-refractivity contribution < 1.29 is 18.7 Å². The molecule has 0 saturated carbocycles. The monoisotopic (exact) mass is 294 g/mol. The molecule has 0 aromatic carbocycles. The molecule has 116 valence electrons. The lowest BCUT2D eigenvalue weighted by Crippen LogP contribution is -2.12. The van der Waals surface area contributed by atoms with Crippen LogP contribution in [0.3, 0.4) is 0 Å². The Hall–Kier alpha value is 0.110. The van der Waals surface area contributed by atoms with E-state index >= 15 is 0 Å². The minimum absolute atomic E-state index is 0.297. The highest BCUT2D eigenvalue weighted by molar-refractivity contribution is 7.54. The van der Waals surface area contributed by atoms with Crippen molar-refractivity contribution in [1.82, 2.24) is 0 Å². The number of hydrogen-bond acceptors (Lipinski definition) is 4. The molecule has 0 radical (unpaired) electrons. The van der Waals surface area contributed by atoms with Gasteiger partial charge >= 0.3 is 7.60 Å². The average Bonchev–Trinajstić information content (AvgIpc) is 2.38. The van der Waals surface area contributed by atoms with E-state index in [1.807, 2.05) is 0 Å². The minimum atomic E-state index is -3.32.